The lowest BCUT2D eigenvalue weighted by Gasteiger charge is -2.34. The molecule has 0 saturated carbocycles. The highest BCUT2D eigenvalue weighted by molar-refractivity contribution is 9.10. The molecule has 8 heteroatoms. The number of carbonyl (C=O) groups is 1. The number of hydrazone groups is 1. The van der Waals surface area contributed by atoms with Crippen molar-refractivity contribution >= 4 is 44.5 Å². The van der Waals surface area contributed by atoms with Crippen molar-refractivity contribution < 1.29 is 9.53 Å². The standard InChI is InChI=1S/C24H25BrN4O2S/c1-3-5-6-13-32-24-27-23(30)21-19-15-17(25)10-11-20(19)26-22(29(21)28-24)16-8-7-9-18(14-16)31-12-4-2/h4,7-11,14-15,22H,2-3,5-6,12-13H2,1H3,(H,27,28,30)/t22-/m0/s1. The number of carbonyl (C=O) groups excluding carboxylic acids is 1. The molecule has 0 aromatic heterocycles. The SMILES string of the molecule is C=CCOc1cccc([C@H]2N=c3ccc(Br)cc3=C3C(=O)NC(SCCCCC)=NN32)c1. The molecule has 32 heavy (non-hydrogen) atoms. The maximum Gasteiger partial charge on any atom is 0.276 e. The Labute approximate surface area is 200 Å². The van der Waals surface area contributed by atoms with Crippen LogP contribution in [0.1, 0.15) is 37.9 Å². The lowest BCUT2D eigenvalue weighted by Crippen LogP contribution is -2.50. The zero-order valence-electron chi connectivity index (χ0n) is 17.9. The van der Waals surface area contributed by atoms with Crippen molar-refractivity contribution in [3.8, 4) is 5.75 Å². The first-order valence-corrected chi connectivity index (χ1v) is 12.4. The topological polar surface area (TPSA) is 66.3 Å². The summed E-state index contributed by atoms with van der Waals surface area (Å²) in [5.41, 5.74) is 1.39. The average Bonchev–Trinajstić information content (AvgIpc) is 2.80. The molecule has 2 aliphatic rings. The summed E-state index contributed by atoms with van der Waals surface area (Å²) >= 11 is 5.08. The number of benzene rings is 2. The maximum absolute atomic E-state index is 13.2. The van der Waals surface area contributed by atoms with Gasteiger partial charge in [0.15, 0.2) is 11.3 Å². The number of thioether (sulfide) groups is 1. The lowest BCUT2D eigenvalue weighted by atomic mass is 10.1. The van der Waals surface area contributed by atoms with Crippen LogP contribution in [0.5, 0.6) is 5.75 Å². The van der Waals surface area contributed by atoms with Crippen LogP contribution in [0.4, 0.5) is 0 Å². The van der Waals surface area contributed by atoms with Gasteiger partial charge in [-0.1, -0.05) is 72.2 Å². The molecular formula is C24H25BrN4O2S. The number of rotatable bonds is 8. The summed E-state index contributed by atoms with van der Waals surface area (Å²) in [6, 6.07) is 13.5. The molecule has 0 spiro atoms. The van der Waals surface area contributed by atoms with Gasteiger partial charge >= 0.3 is 0 Å². The van der Waals surface area contributed by atoms with Crippen LogP contribution < -0.4 is 20.6 Å². The number of hydrogen-bond acceptors (Lipinski definition) is 6. The van der Waals surface area contributed by atoms with Crippen LogP contribution in [0, 0.1) is 0 Å². The van der Waals surface area contributed by atoms with E-state index in [9.17, 15) is 4.79 Å². The molecule has 2 heterocycles. The highest BCUT2D eigenvalue weighted by atomic mass is 79.9. The summed E-state index contributed by atoms with van der Waals surface area (Å²) in [6.45, 7) is 6.30. The first-order valence-electron chi connectivity index (χ1n) is 10.6. The number of halogens is 1. The van der Waals surface area contributed by atoms with Crippen LogP contribution in [-0.2, 0) is 4.79 Å². The fraction of sp³-hybridized carbons (Fsp3) is 0.292. The molecule has 0 saturated heterocycles. The minimum Gasteiger partial charge on any atom is -0.490 e. The molecule has 2 aromatic carbocycles. The molecule has 0 bridgehead atoms. The van der Waals surface area contributed by atoms with Gasteiger partial charge in [0.1, 0.15) is 18.1 Å². The van der Waals surface area contributed by atoms with Gasteiger partial charge in [-0.15, -0.1) is 5.10 Å². The molecule has 0 aliphatic carbocycles. The van der Waals surface area contributed by atoms with Gasteiger partial charge < -0.3 is 4.74 Å². The summed E-state index contributed by atoms with van der Waals surface area (Å²) in [4.78, 5) is 18.2. The molecule has 1 atom stereocenters. The number of fused-ring (bicyclic) bond motifs is 2. The van der Waals surface area contributed by atoms with Gasteiger partial charge in [0.05, 0.1) is 5.36 Å². The number of unbranched alkanes of at least 4 members (excludes halogenated alkanes) is 2. The second-order valence-corrected chi connectivity index (χ2v) is 9.44. The van der Waals surface area contributed by atoms with Gasteiger partial charge in [0.25, 0.3) is 5.91 Å². The monoisotopic (exact) mass is 512 g/mol. The zero-order valence-corrected chi connectivity index (χ0v) is 20.3. The predicted octanol–water partition coefficient (Wildman–Crippen LogP) is 4.08. The minimum absolute atomic E-state index is 0.170. The third kappa shape index (κ3) is 4.91. The largest absolute Gasteiger partial charge is 0.490 e. The quantitative estimate of drug-likeness (QED) is 0.427. The van der Waals surface area contributed by atoms with E-state index in [4.69, 9.17) is 14.8 Å². The van der Waals surface area contributed by atoms with Gasteiger partial charge in [0, 0.05) is 21.0 Å². The highest BCUT2D eigenvalue weighted by Crippen LogP contribution is 2.32. The Kier molecular flexibility index (Phi) is 7.32. The zero-order chi connectivity index (χ0) is 22.5. The summed E-state index contributed by atoms with van der Waals surface area (Å²) in [7, 11) is 0. The highest BCUT2D eigenvalue weighted by Gasteiger charge is 2.34. The Morgan fingerprint density at radius 1 is 1.28 bits per heavy atom. The Balaban J connectivity index is 1.77. The van der Waals surface area contributed by atoms with Gasteiger partial charge in [-0.2, -0.15) is 0 Å². The van der Waals surface area contributed by atoms with E-state index in [0.717, 1.165) is 51.4 Å². The van der Waals surface area contributed by atoms with E-state index in [2.05, 4.69) is 34.7 Å². The van der Waals surface area contributed by atoms with Crippen molar-refractivity contribution in [3.05, 3.63) is 75.7 Å². The van der Waals surface area contributed by atoms with Gasteiger partial charge in [-0.05, 0) is 36.8 Å². The van der Waals surface area contributed by atoms with E-state index in [0.29, 0.717) is 17.5 Å². The van der Waals surface area contributed by atoms with Crippen LogP contribution in [0.3, 0.4) is 0 Å². The first kappa shape index (κ1) is 22.6. The average molecular weight is 513 g/mol. The van der Waals surface area contributed by atoms with Gasteiger partial charge in [-0.25, -0.2) is 5.01 Å². The van der Waals surface area contributed by atoms with Crippen LogP contribution in [0.15, 0.2) is 69.7 Å². The molecule has 2 aromatic rings. The van der Waals surface area contributed by atoms with E-state index >= 15 is 0 Å². The van der Waals surface area contributed by atoms with Crippen LogP contribution in [0.25, 0.3) is 5.70 Å². The third-order valence-electron chi connectivity index (χ3n) is 5.08. The van der Waals surface area contributed by atoms with E-state index in [1.807, 2.05) is 42.5 Å². The van der Waals surface area contributed by atoms with Crippen molar-refractivity contribution in [3.63, 3.8) is 0 Å². The van der Waals surface area contributed by atoms with Crippen LogP contribution >= 0.6 is 27.7 Å². The normalized spacial score (nSPS) is 17.0. The summed E-state index contributed by atoms with van der Waals surface area (Å²) in [5.74, 6) is 1.46. The molecule has 166 valence electrons. The number of amides is 1. The molecule has 6 nitrogen and oxygen atoms in total. The number of ether oxygens (including phenoxy) is 1. The van der Waals surface area contributed by atoms with E-state index in [-0.39, 0.29) is 5.91 Å². The molecule has 1 N–H and O–H groups in total. The van der Waals surface area contributed by atoms with Crippen molar-refractivity contribution in [1.29, 1.82) is 0 Å². The van der Waals surface area contributed by atoms with Crippen molar-refractivity contribution in [2.24, 2.45) is 10.1 Å². The van der Waals surface area contributed by atoms with Crippen molar-refractivity contribution in [2.75, 3.05) is 12.4 Å². The molecule has 2 aliphatic heterocycles. The maximum atomic E-state index is 13.2. The van der Waals surface area contributed by atoms with E-state index < -0.39 is 6.17 Å². The fourth-order valence-electron chi connectivity index (χ4n) is 3.57. The second-order valence-electron chi connectivity index (χ2n) is 7.44. The second kappa shape index (κ2) is 10.4. The van der Waals surface area contributed by atoms with Crippen molar-refractivity contribution in [1.82, 2.24) is 10.3 Å². The van der Waals surface area contributed by atoms with Crippen molar-refractivity contribution in [2.45, 2.75) is 32.4 Å². The predicted molar refractivity (Wildman–Crippen MR) is 133 cm³/mol. The van der Waals surface area contributed by atoms with Gasteiger partial charge in [-0.3, -0.25) is 15.1 Å². The number of nitrogens with one attached hydrogen (secondary N) is 1. The van der Waals surface area contributed by atoms with Crippen LogP contribution in [0.2, 0.25) is 0 Å². The van der Waals surface area contributed by atoms with Crippen LogP contribution in [-0.4, -0.2) is 28.4 Å². The Hall–Kier alpha value is -2.58. The molecule has 0 radical (unpaired) electrons. The molecule has 4 rings (SSSR count). The Morgan fingerprint density at radius 3 is 2.97 bits per heavy atom. The Morgan fingerprint density at radius 2 is 2.16 bits per heavy atom. The first-order chi connectivity index (χ1) is 15.6. The number of nitrogens with zero attached hydrogens (tertiary/aromatic N) is 3. The summed E-state index contributed by atoms with van der Waals surface area (Å²) in [5, 5.41) is 11.6. The molecular weight excluding hydrogens is 488 g/mol. The number of amidine groups is 1. The minimum atomic E-state index is -0.469. The van der Waals surface area contributed by atoms with E-state index in [1.165, 1.54) is 0 Å². The van der Waals surface area contributed by atoms with Gasteiger partial charge in [0.2, 0.25) is 0 Å². The number of hydrogen-bond donors (Lipinski definition) is 1. The lowest BCUT2D eigenvalue weighted by molar-refractivity contribution is -0.116. The molecule has 0 fully saturated rings. The summed E-state index contributed by atoms with van der Waals surface area (Å²) < 4.78 is 6.60. The smallest absolute Gasteiger partial charge is 0.276 e. The molecule has 0 unspecified atom stereocenters. The fourth-order valence-corrected chi connectivity index (χ4v) is 4.79. The Bertz CT molecular complexity index is 1180. The third-order valence-corrected chi connectivity index (χ3v) is 6.52. The molecule has 1 amide bonds. The summed E-state index contributed by atoms with van der Waals surface area (Å²) in [6.07, 6.45) is 4.63. The van der Waals surface area contributed by atoms with E-state index in [1.54, 1.807) is 22.8 Å².